The summed E-state index contributed by atoms with van der Waals surface area (Å²) in [7, 11) is 3.22. The van der Waals surface area contributed by atoms with Crippen molar-refractivity contribution in [1.82, 2.24) is 5.32 Å². The molecule has 0 aliphatic heterocycles. The average Bonchev–Trinajstić information content (AvgIpc) is 2.72. The Bertz CT molecular complexity index is 763. The Hall–Kier alpha value is -2.93. The summed E-state index contributed by atoms with van der Waals surface area (Å²) in [5.74, 6) is 2.65. The molecule has 1 unspecified atom stereocenters. The van der Waals surface area contributed by atoms with Crippen LogP contribution in [-0.2, 0) is 0 Å². The molecular formula is C21H29N3O4. The second kappa shape index (κ2) is 11.0. The lowest BCUT2D eigenvalue weighted by Gasteiger charge is -2.15. The third kappa shape index (κ3) is 6.06. The van der Waals surface area contributed by atoms with Gasteiger partial charge in [-0.25, -0.2) is 4.99 Å². The van der Waals surface area contributed by atoms with Crippen LogP contribution >= 0.6 is 0 Å². The molecule has 1 atom stereocenters. The molecule has 2 rings (SSSR count). The van der Waals surface area contributed by atoms with E-state index in [0.29, 0.717) is 30.6 Å². The molecule has 0 fully saturated rings. The van der Waals surface area contributed by atoms with Gasteiger partial charge in [0, 0.05) is 18.3 Å². The van der Waals surface area contributed by atoms with E-state index >= 15 is 0 Å². The molecule has 152 valence electrons. The number of rotatable bonds is 9. The van der Waals surface area contributed by atoms with E-state index in [1.165, 1.54) is 0 Å². The Balaban J connectivity index is 2.09. The highest BCUT2D eigenvalue weighted by molar-refractivity contribution is 5.93. The van der Waals surface area contributed by atoms with Gasteiger partial charge in [-0.1, -0.05) is 12.1 Å². The van der Waals surface area contributed by atoms with Crippen LogP contribution in [0.15, 0.2) is 47.5 Å². The number of aliphatic imine (C=N–C) groups is 1. The number of nitrogens with one attached hydrogen (secondary N) is 2. The number of hydrogen-bond donors (Lipinski definition) is 3. The summed E-state index contributed by atoms with van der Waals surface area (Å²) in [6.45, 7) is 5.36. The van der Waals surface area contributed by atoms with E-state index < -0.39 is 6.10 Å². The normalized spacial score (nSPS) is 12.2. The van der Waals surface area contributed by atoms with E-state index in [0.717, 1.165) is 17.0 Å². The highest BCUT2D eigenvalue weighted by Gasteiger charge is 2.10. The Labute approximate surface area is 166 Å². The Morgan fingerprint density at radius 2 is 1.79 bits per heavy atom. The summed E-state index contributed by atoms with van der Waals surface area (Å²) in [6, 6.07) is 12.9. The van der Waals surface area contributed by atoms with Gasteiger partial charge < -0.3 is 30.0 Å². The van der Waals surface area contributed by atoms with E-state index in [-0.39, 0.29) is 6.54 Å². The fourth-order valence-corrected chi connectivity index (χ4v) is 2.58. The van der Waals surface area contributed by atoms with Crippen molar-refractivity contribution in [3.05, 3.63) is 48.0 Å². The van der Waals surface area contributed by atoms with Crippen molar-refractivity contribution in [3.8, 4) is 17.2 Å². The van der Waals surface area contributed by atoms with Crippen LogP contribution in [-0.4, -0.2) is 45.0 Å². The number of ether oxygens (including phenoxy) is 3. The van der Waals surface area contributed by atoms with Gasteiger partial charge in [0.25, 0.3) is 0 Å². The molecule has 2 aromatic carbocycles. The summed E-state index contributed by atoms with van der Waals surface area (Å²) >= 11 is 0. The zero-order valence-electron chi connectivity index (χ0n) is 16.9. The number of guanidine groups is 1. The average molecular weight is 387 g/mol. The molecule has 3 N–H and O–H groups in total. The number of hydrogen-bond acceptors (Lipinski definition) is 5. The van der Waals surface area contributed by atoms with Crippen molar-refractivity contribution in [2.24, 2.45) is 4.99 Å². The zero-order valence-corrected chi connectivity index (χ0v) is 16.9. The molecule has 7 nitrogen and oxygen atoms in total. The number of benzene rings is 2. The van der Waals surface area contributed by atoms with Gasteiger partial charge in [0.2, 0.25) is 0 Å². The SMILES string of the molecule is CCNC(=NCC(O)c1ccc(OC)cc1)Nc1ccc(OC)c(OCC)c1. The van der Waals surface area contributed by atoms with Crippen molar-refractivity contribution in [2.75, 3.05) is 39.2 Å². The first-order chi connectivity index (χ1) is 13.6. The molecule has 0 aliphatic rings. The van der Waals surface area contributed by atoms with Crippen LogP contribution in [0.4, 0.5) is 5.69 Å². The molecule has 2 aromatic rings. The van der Waals surface area contributed by atoms with E-state index in [4.69, 9.17) is 14.2 Å². The topological polar surface area (TPSA) is 84.3 Å². The number of aliphatic hydroxyl groups excluding tert-OH is 1. The molecule has 0 spiro atoms. The van der Waals surface area contributed by atoms with Gasteiger partial charge in [0.15, 0.2) is 17.5 Å². The summed E-state index contributed by atoms with van der Waals surface area (Å²) in [5.41, 5.74) is 1.59. The third-order valence-electron chi connectivity index (χ3n) is 3.99. The molecule has 0 bridgehead atoms. The summed E-state index contributed by atoms with van der Waals surface area (Å²) in [6.07, 6.45) is -0.712. The maximum Gasteiger partial charge on any atom is 0.195 e. The van der Waals surface area contributed by atoms with Gasteiger partial charge >= 0.3 is 0 Å². The number of methoxy groups -OCH3 is 2. The number of aliphatic hydroxyl groups is 1. The van der Waals surface area contributed by atoms with Gasteiger partial charge in [0.1, 0.15) is 5.75 Å². The predicted octanol–water partition coefficient (Wildman–Crippen LogP) is 3.21. The predicted molar refractivity (Wildman–Crippen MR) is 112 cm³/mol. The van der Waals surface area contributed by atoms with Crippen LogP contribution in [0, 0.1) is 0 Å². The van der Waals surface area contributed by atoms with Gasteiger partial charge in [0.05, 0.1) is 33.5 Å². The molecule has 0 radical (unpaired) electrons. The second-order valence-electron chi connectivity index (χ2n) is 5.93. The molecule has 0 amide bonds. The lowest BCUT2D eigenvalue weighted by atomic mass is 10.1. The van der Waals surface area contributed by atoms with Crippen LogP contribution in [0.2, 0.25) is 0 Å². The molecule has 0 aliphatic carbocycles. The third-order valence-corrected chi connectivity index (χ3v) is 3.99. The quantitative estimate of drug-likeness (QED) is 0.453. The standard InChI is InChI=1S/C21H29N3O4/c1-5-22-21(23-14-18(25)15-7-10-17(26-3)11-8-15)24-16-9-12-19(27-4)20(13-16)28-6-2/h7-13,18,25H,5-6,14H2,1-4H3,(H2,22,23,24). The first-order valence-electron chi connectivity index (χ1n) is 9.29. The number of anilines is 1. The van der Waals surface area contributed by atoms with Crippen molar-refractivity contribution >= 4 is 11.6 Å². The largest absolute Gasteiger partial charge is 0.497 e. The first-order valence-corrected chi connectivity index (χ1v) is 9.29. The minimum atomic E-state index is -0.712. The molecule has 0 saturated carbocycles. The van der Waals surface area contributed by atoms with Crippen LogP contribution < -0.4 is 24.8 Å². The zero-order chi connectivity index (χ0) is 20.4. The van der Waals surface area contributed by atoms with Gasteiger partial charge in [-0.2, -0.15) is 0 Å². The van der Waals surface area contributed by atoms with Gasteiger partial charge in [-0.15, -0.1) is 0 Å². The molecular weight excluding hydrogens is 358 g/mol. The summed E-state index contributed by atoms with van der Waals surface area (Å²) in [5, 5.41) is 16.8. The van der Waals surface area contributed by atoms with E-state index in [9.17, 15) is 5.11 Å². The minimum absolute atomic E-state index is 0.218. The molecule has 7 heteroatoms. The smallest absolute Gasteiger partial charge is 0.195 e. The lowest BCUT2D eigenvalue weighted by molar-refractivity contribution is 0.187. The first kappa shape index (κ1) is 21.4. The molecule has 0 saturated heterocycles. The van der Waals surface area contributed by atoms with E-state index in [2.05, 4.69) is 15.6 Å². The van der Waals surface area contributed by atoms with Crippen LogP contribution in [0.5, 0.6) is 17.2 Å². The Morgan fingerprint density at radius 1 is 1.04 bits per heavy atom. The van der Waals surface area contributed by atoms with Crippen molar-refractivity contribution in [3.63, 3.8) is 0 Å². The van der Waals surface area contributed by atoms with Crippen molar-refractivity contribution < 1.29 is 19.3 Å². The fourth-order valence-electron chi connectivity index (χ4n) is 2.58. The number of nitrogens with zero attached hydrogens (tertiary/aromatic N) is 1. The highest BCUT2D eigenvalue weighted by atomic mass is 16.5. The Kier molecular flexibility index (Phi) is 8.42. The maximum atomic E-state index is 10.4. The molecule has 0 aromatic heterocycles. The van der Waals surface area contributed by atoms with E-state index in [1.807, 2.05) is 56.3 Å². The monoisotopic (exact) mass is 387 g/mol. The molecule has 0 heterocycles. The van der Waals surface area contributed by atoms with Crippen LogP contribution in [0.1, 0.15) is 25.5 Å². The molecule has 28 heavy (non-hydrogen) atoms. The summed E-state index contributed by atoms with van der Waals surface area (Å²) < 4.78 is 16.1. The highest BCUT2D eigenvalue weighted by Crippen LogP contribution is 2.30. The maximum absolute atomic E-state index is 10.4. The van der Waals surface area contributed by atoms with E-state index in [1.54, 1.807) is 14.2 Å². The van der Waals surface area contributed by atoms with Crippen molar-refractivity contribution in [2.45, 2.75) is 20.0 Å². The second-order valence-corrected chi connectivity index (χ2v) is 5.93. The Morgan fingerprint density at radius 3 is 2.39 bits per heavy atom. The van der Waals surface area contributed by atoms with Crippen molar-refractivity contribution in [1.29, 1.82) is 0 Å². The minimum Gasteiger partial charge on any atom is -0.497 e. The van der Waals surface area contributed by atoms with Gasteiger partial charge in [-0.05, 0) is 43.7 Å². The van der Waals surface area contributed by atoms with Gasteiger partial charge in [-0.3, -0.25) is 0 Å². The van der Waals surface area contributed by atoms with Crippen LogP contribution in [0.3, 0.4) is 0 Å². The fraction of sp³-hybridized carbons (Fsp3) is 0.381. The van der Waals surface area contributed by atoms with Crippen LogP contribution in [0.25, 0.3) is 0 Å². The summed E-state index contributed by atoms with van der Waals surface area (Å²) in [4.78, 5) is 4.49. The lowest BCUT2D eigenvalue weighted by Crippen LogP contribution is -2.31.